The molecule has 0 saturated heterocycles. The van der Waals surface area contributed by atoms with E-state index in [1.165, 1.54) is 36.0 Å². The van der Waals surface area contributed by atoms with Gasteiger partial charge < -0.3 is 5.32 Å². The minimum Gasteiger partial charge on any atom is -0.310 e. The highest BCUT2D eigenvalue weighted by Gasteiger charge is 2.09. The van der Waals surface area contributed by atoms with E-state index in [1.807, 2.05) is 0 Å². The van der Waals surface area contributed by atoms with Gasteiger partial charge in [-0.25, -0.2) is 0 Å². The van der Waals surface area contributed by atoms with E-state index in [0.29, 0.717) is 6.04 Å². The summed E-state index contributed by atoms with van der Waals surface area (Å²) >= 11 is 0. The molecule has 0 aliphatic carbocycles. The Bertz CT molecular complexity index is 504. The van der Waals surface area contributed by atoms with Crippen LogP contribution in [0.25, 0.3) is 0 Å². The minimum atomic E-state index is 0.477. The first-order valence-electron chi connectivity index (χ1n) is 7.64. The molecule has 0 spiro atoms. The van der Waals surface area contributed by atoms with Crippen LogP contribution in [0.5, 0.6) is 0 Å². The van der Waals surface area contributed by atoms with E-state index in [4.69, 9.17) is 0 Å². The van der Waals surface area contributed by atoms with Crippen LogP contribution >= 0.6 is 0 Å². The number of hydrogen-bond donors (Lipinski definition) is 1. The van der Waals surface area contributed by atoms with Crippen LogP contribution in [-0.4, -0.2) is 6.54 Å². The molecule has 0 aliphatic heterocycles. The van der Waals surface area contributed by atoms with Crippen molar-refractivity contribution < 1.29 is 0 Å². The second-order valence-corrected chi connectivity index (χ2v) is 5.34. The molecule has 2 rings (SSSR count). The van der Waals surface area contributed by atoms with Crippen molar-refractivity contribution in [3.63, 3.8) is 0 Å². The Morgan fingerprint density at radius 3 is 2.35 bits per heavy atom. The first-order chi connectivity index (χ1) is 9.81. The number of aryl methyl sites for hydroxylation is 2. The molecule has 106 valence electrons. The predicted octanol–water partition coefficient (Wildman–Crippen LogP) is 4.67. The molecule has 0 saturated carbocycles. The molecule has 0 aromatic heterocycles. The minimum absolute atomic E-state index is 0.477. The van der Waals surface area contributed by atoms with Gasteiger partial charge in [0.1, 0.15) is 0 Å². The first kappa shape index (κ1) is 14.8. The molecule has 2 aromatic rings. The lowest BCUT2D eigenvalue weighted by Gasteiger charge is -2.18. The quantitative estimate of drug-likeness (QED) is 0.768. The van der Waals surface area contributed by atoms with Crippen LogP contribution in [0, 0.1) is 6.92 Å². The summed E-state index contributed by atoms with van der Waals surface area (Å²) in [5.41, 5.74) is 4.29. The van der Waals surface area contributed by atoms with Gasteiger partial charge >= 0.3 is 0 Å². The fourth-order valence-corrected chi connectivity index (χ4v) is 2.71. The maximum absolute atomic E-state index is 3.60. The molecule has 1 atom stereocenters. The van der Waals surface area contributed by atoms with Crippen LogP contribution in [0.3, 0.4) is 0 Å². The first-order valence-corrected chi connectivity index (χ1v) is 7.64. The Hall–Kier alpha value is -1.60. The monoisotopic (exact) mass is 267 g/mol. The maximum atomic E-state index is 3.60. The maximum Gasteiger partial charge on any atom is 0.0320 e. The summed E-state index contributed by atoms with van der Waals surface area (Å²) in [4.78, 5) is 0. The SMILES string of the molecule is CCNC(CCCc1ccccc1C)c1ccccc1. The van der Waals surface area contributed by atoms with Crippen molar-refractivity contribution in [2.24, 2.45) is 0 Å². The van der Waals surface area contributed by atoms with Crippen LogP contribution in [0.2, 0.25) is 0 Å². The second-order valence-electron chi connectivity index (χ2n) is 5.34. The molecule has 0 aliphatic rings. The Balaban J connectivity index is 1.92. The van der Waals surface area contributed by atoms with Gasteiger partial charge in [-0.15, -0.1) is 0 Å². The van der Waals surface area contributed by atoms with E-state index in [0.717, 1.165) is 6.54 Å². The number of rotatable bonds is 7. The van der Waals surface area contributed by atoms with Crippen molar-refractivity contribution in [2.75, 3.05) is 6.54 Å². The van der Waals surface area contributed by atoms with E-state index >= 15 is 0 Å². The molecule has 1 heteroatoms. The summed E-state index contributed by atoms with van der Waals surface area (Å²) in [6, 6.07) is 20.0. The molecule has 1 nitrogen and oxygen atoms in total. The van der Waals surface area contributed by atoms with Gasteiger partial charge in [-0.05, 0) is 49.4 Å². The summed E-state index contributed by atoms with van der Waals surface area (Å²) in [7, 11) is 0. The summed E-state index contributed by atoms with van der Waals surface area (Å²) in [5.74, 6) is 0. The molecule has 0 amide bonds. The zero-order valence-corrected chi connectivity index (χ0v) is 12.6. The lowest BCUT2D eigenvalue weighted by Crippen LogP contribution is -2.21. The van der Waals surface area contributed by atoms with Crippen LogP contribution in [0.4, 0.5) is 0 Å². The highest BCUT2D eigenvalue weighted by molar-refractivity contribution is 5.25. The summed E-state index contributed by atoms with van der Waals surface area (Å²) in [6.45, 7) is 5.40. The van der Waals surface area contributed by atoms with Crippen molar-refractivity contribution in [3.8, 4) is 0 Å². The third-order valence-electron chi connectivity index (χ3n) is 3.85. The standard InChI is InChI=1S/C19H25N/c1-3-20-19(18-12-5-4-6-13-18)15-9-14-17-11-8-7-10-16(17)2/h4-8,10-13,19-20H,3,9,14-15H2,1-2H3. The van der Waals surface area contributed by atoms with Gasteiger partial charge in [-0.1, -0.05) is 61.5 Å². The Kier molecular flexibility index (Phi) is 5.82. The molecule has 20 heavy (non-hydrogen) atoms. The number of benzene rings is 2. The number of hydrogen-bond acceptors (Lipinski definition) is 1. The van der Waals surface area contributed by atoms with Crippen molar-refractivity contribution in [2.45, 2.75) is 39.2 Å². The topological polar surface area (TPSA) is 12.0 Å². The van der Waals surface area contributed by atoms with Gasteiger partial charge in [0.25, 0.3) is 0 Å². The largest absolute Gasteiger partial charge is 0.310 e. The van der Waals surface area contributed by atoms with E-state index in [2.05, 4.69) is 73.8 Å². The smallest absolute Gasteiger partial charge is 0.0320 e. The van der Waals surface area contributed by atoms with Crippen LogP contribution < -0.4 is 5.32 Å². The fraction of sp³-hybridized carbons (Fsp3) is 0.368. The van der Waals surface area contributed by atoms with Crippen LogP contribution in [-0.2, 0) is 6.42 Å². The average molecular weight is 267 g/mol. The highest BCUT2D eigenvalue weighted by atomic mass is 14.9. The third-order valence-corrected chi connectivity index (χ3v) is 3.85. The Morgan fingerprint density at radius 2 is 1.65 bits per heavy atom. The van der Waals surface area contributed by atoms with Crippen molar-refractivity contribution in [1.82, 2.24) is 5.32 Å². The molecule has 0 heterocycles. The average Bonchev–Trinajstić information content (AvgIpc) is 2.49. The van der Waals surface area contributed by atoms with Crippen LogP contribution in [0.15, 0.2) is 54.6 Å². The molecular weight excluding hydrogens is 242 g/mol. The molecule has 2 aromatic carbocycles. The van der Waals surface area contributed by atoms with E-state index in [9.17, 15) is 0 Å². The Morgan fingerprint density at radius 1 is 0.950 bits per heavy atom. The third kappa shape index (κ3) is 4.21. The molecule has 1 N–H and O–H groups in total. The second kappa shape index (κ2) is 7.86. The molecular formula is C19H25N. The van der Waals surface area contributed by atoms with Gasteiger partial charge in [0, 0.05) is 6.04 Å². The zero-order valence-electron chi connectivity index (χ0n) is 12.6. The molecule has 0 fully saturated rings. The van der Waals surface area contributed by atoms with E-state index < -0.39 is 0 Å². The number of nitrogens with one attached hydrogen (secondary N) is 1. The van der Waals surface area contributed by atoms with Gasteiger partial charge in [0.05, 0.1) is 0 Å². The van der Waals surface area contributed by atoms with Crippen molar-refractivity contribution in [1.29, 1.82) is 0 Å². The van der Waals surface area contributed by atoms with E-state index in [-0.39, 0.29) is 0 Å². The van der Waals surface area contributed by atoms with Gasteiger partial charge in [-0.2, -0.15) is 0 Å². The fourth-order valence-electron chi connectivity index (χ4n) is 2.71. The van der Waals surface area contributed by atoms with Crippen molar-refractivity contribution in [3.05, 3.63) is 71.3 Å². The van der Waals surface area contributed by atoms with Crippen LogP contribution in [0.1, 0.15) is 42.5 Å². The Labute approximate surface area is 123 Å². The predicted molar refractivity (Wildman–Crippen MR) is 87.0 cm³/mol. The summed E-state index contributed by atoms with van der Waals surface area (Å²) in [6.07, 6.45) is 3.57. The van der Waals surface area contributed by atoms with E-state index in [1.54, 1.807) is 0 Å². The molecule has 1 unspecified atom stereocenters. The zero-order chi connectivity index (χ0) is 14.2. The highest BCUT2D eigenvalue weighted by Crippen LogP contribution is 2.20. The normalized spacial score (nSPS) is 12.3. The molecule has 0 bridgehead atoms. The lowest BCUT2D eigenvalue weighted by atomic mass is 9.97. The molecule has 0 radical (unpaired) electrons. The summed E-state index contributed by atoms with van der Waals surface area (Å²) in [5, 5.41) is 3.60. The van der Waals surface area contributed by atoms with Gasteiger partial charge in [0.15, 0.2) is 0 Å². The summed E-state index contributed by atoms with van der Waals surface area (Å²) < 4.78 is 0. The van der Waals surface area contributed by atoms with Gasteiger partial charge in [-0.3, -0.25) is 0 Å². The van der Waals surface area contributed by atoms with Gasteiger partial charge in [0.2, 0.25) is 0 Å². The lowest BCUT2D eigenvalue weighted by molar-refractivity contribution is 0.498. The van der Waals surface area contributed by atoms with Crippen molar-refractivity contribution >= 4 is 0 Å².